The molecule has 1 aromatic heterocycles. The van der Waals surface area contributed by atoms with Crippen molar-refractivity contribution in [1.82, 2.24) is 9.55 Å². The predicted molar refractivity (Wildman–Crippen MR) is 100 cm³/mol. The molecule has 13 heteroatoms. The maximum atomic E-state index is 12.3. The van der Waals surface area contributed by atoms with Gasteiger partial charge in [-0.2, -0.15) is 4.98 Å². The lowest BCUT2D eigenvalue weighted by molar-refractivity contribution is -0.251. The third-order valence-electron chi connectivity index (χ3n) is 4.56. The lowest BCUT2D eigenvalue weighted by Gasteiger charge is -2.35. The fourth-order valence-corrected chi connectivity index (χ4v) is 3.11. The molecule has 0 saturated carbocycles. The van der Waals surface area contributed by atoms with Crippen LogP contribution in [0.4, 0.5) is 5.82 Å². The van der Waals surface area contributed by atoms with Gasteiger partial charge in [0.25, 0.3) is 0 Å². The molecule has 172 valence electrons. The van der Waals surface area contributed by atoms with E-state index in [2.05, 4.69) is 10.5 Å². The Labute approximate surface area is 172 Å². The van der Waals surface area contributed by atoms with Crippen LogP contribution in [0, 0.1) is 0 Å². The van der Waals surface area contributed by atoms with Crippen LogP contribution in [-0.4, -0.2) is 101 Å². The molecular weight excluding hydrogens is 406 g/mol. The van der Waals surface area contributed by atoms with Gasteiger partial charge in [0.2, 0.25) is 6.29 Å². The molecule has 30 heavy (non-hydrogen) atoms. The van der Waals surface area contributed by atoms with Gasteiger partial charge in [-0.3, -0.25) is 4.57 Å². The first-order chi connectivity index (χ1) is 14.3. The highest BCUT2D eigenvalue weighted by molar-refractivity contribution is 5.28. The summed E-state index contributed by atoms with van der Waals surface area (Å²) in [5.41, 5.74) is 0.222. The van der Waals surface area contributed by atoms with Crippen LogP contribution >= 0.6 is 0 Å². The van der Waals surface area contributed by atoms with E-state index in [-0.39, 0.29) is 25.6 Å². The molecule has 1 aliphatic rings. The number of hydrogen-bond donors (Lipinski definition) is 5. The fourth-order valence-electron chi connectivity index (χ4n) is 3.11. The number of methoxy groups -OCH3 is 2. The first-order valence-corrected chi connectivity index (χ1v) is 9.26. The van der Waals surface area contributed by atoms with Crippen molar-refractivity contribution >= 4 is 5.82 Å². The van der Waals surface area contributed by atoms with Crippen molar-refractivity contribution < 1.29 is 44.2 Å². The molecule has 2 rings (SSSR count). The van der Waals surface area contributed by atoms with Gasteiger partial charge in [0.05, 0.1) is 19.8 Å². The molecule has 0 aliphatic carbocycles. The summed E-state index contributed by atoms with van der Waals surface area (Å²) in [5.74, 6) is -0.0396. The van der Waals surface area contributed by atoms with E-state index in [0.717, 1.165) is 4.57 Å². The van der Waals surface area contributed by atoms with E-state index >= 15 is 0 Å². The summed E-state index contributed by atoms with van der Waals surface area (Å²) in [7, 11) is 2.87. The maximum absolute atomic E-state index is 12.3. The van der Waals surface area contributed by atoms with Crippen molar-refractivity contribution in [3.63, 3.8) is 0 Å². The second-order valence-corrected chi connectivity index (χ2v) is 6.67. The second kappa shape index (κ2) is 11.1. The smallest absolute Gasteiger partial charge is 0.351 e. The van der Waals surface area contributed by atoms with Gasteiger partial charge in [-0.1, -0.05) is 0 Å². The summed E-state index contributed by atoms with van der Waals surface area (Å²) < 4.78 is 22.0. The van der Waals surface area contributed by atoms with E-state index in [9.17, 15) is 20.1 Å². The molecule has 0 radical (unpaired) electrons. The topological polar surface area (TPSA) is 174 Å². The first kappa shape index (κ1) is 24.6. The molecule has 1 aromatic rings. The van der Waals surface area contributed by atoms with Gasteiger partial charge in [-0.25, -0.2) is 15.1 Å². The van der Waals surface area contributed by atoms with Gasteiger partial charge < -0.3 is 39.4 Å². The number of aliphatic hydroxyl groups is 4. The van der Waals surface area contributed by atoms with Gasteiger partial charge in [-0.05, 0) is 13.0 Å². The van der Waals surface area contributed by atoms with Crippen LogP contribution in [0.1, 0.15) is 13.2 Å². The quantitative estimate of drug-likeness (QED) is 0.174. The second-order valence-electron chi connectivity index (χ2n) is 6.67. The number of hydrogen-bond acceptors (Lipinski definition) is 12. The van der Waals surface area contributed by atoms with Gasteiger partial charge in [0, 0.05) is 27.0 Å². The van der Waals surface area contributed by atoms with Crippen LogP contribution < -0.4 is 11.2 Å². The highest BCUT2D eigenvalue weighted by atomic mass is 16.7. The summed E-state index contributed by atoms with van der Waals surface area (Å²) >= 11 is 0. The van der Waals surface area contributed by atoms with Crippen LogP contribution in [0.3, 0.4) is 0 Å². The van der Waals surface area contributed by atoms with Crippen LogP contribution in [0.25, 0.3) is 0 Å². The molecule has 1 aliphatic heterocycles. The third kappa shape index (κ3) is 5.32. The number of anilines is 1. The summed E-state index contributed by atoms with van der Waals surface area (Å²) in [6.45, 7) is 1.41. The number of aromatic nitrogens is 2. The van der Waals surface area contributed by atoms with E-state index in [0.29, 0.717) is 0 Å². The number of nitrogens with zero attached hydrogens (tertiary/aromatic N) is 2. The van der Waals surface area contributed by atoms with Crippen molar-refractivity contribution in [2.75, 3.05) is 46.1 Å². The largest absolute Gasteiger partial charge is 0.394 e. The average Bonchev–Trinajstić information content (AvgIpc) is 3.01. The zero-order valence-electron chi connectivity index (χ0n) is 17.0. The molecule has 2 heterocycles. The summed E-state index contributed by atoms with van der Waals surface area (Å²) in [4.78, 5) is 21.3. The molecular formula is C17H29N3O10. The number of aliphatic hydroxyl groups excluding tert-OH is 4. The van der Waals surface area contributed by atoms with Gasteiger partial charge in [0.1, 0.15) is 18.3 Å². The standard InChI is InChI=1S/C17H29N3O10/c1-4-28-17(8-26-2,9-27-3)15(24)30-19-11-5-6-20(16(25)18-11)14-13(23)12(22)10(7-21)29-14/h5-6,10,12-15,21-24H,4,7-9H2,1-3H3,(H,18,19,25)/t10-,12-,13-,14-,15?/m1/s1. The van der Waals surface area contributed by atoms with Gasteiger partial charge in [-0.15, -0.1) is 0 Å². The van der Waals surface area contributed by atoms with E-state index in [1.54, 1.807) is 6.92 Å². The van der Waals surface area contributed by atoms with Crippen molar-refractivity contribution in [1.29, 1.82) is 0 Å². The van der Waals surface area contributed by atoms with Crippen molar-refractivity contribution in [2.45, 2.75) is 43.4 Å². The Balaban J connectivity index is 2.09. The Morgan fingerprint density at radius 2 is 1.97 bits per heavy atom. The summed E-state index contributed by atoms with van der Waals surface area (Å²) in [6, 6.07) is 1.33. The predicted octanol–water partition coefficient (Wildman–Crippen LogP) is -2.42. The highest BCUT2D eigenvalue weighted by Crippen LogP contribution is 2.28. The van der Waals surface area contributed by atoms with Crippen LogP contribution in [0.15, 0.2) is 17.1 Å². The van der Waals surface area contributed by atoms with Crippen molar-refractivity contribution in [2.24, 2.45) is 0 Å². The Morgan fingerprint density at radius 1 is 1.30 bits per heavy atom. The Bertz CT molecular complexity index is 700. The summed E-state index contributed by atoms with van der Waals surface area (Å²) in [5, 5.41) is 39.5. The zero-order chi connectivity index (χ0) is 22.3. The lowest BCUT2D eigenvalue weighted by Crippen LogP contribution is -2.54. The molecule has 1 unspecified atom stereocenters. The summed E-state index contributed by atoms with van der Waals surface area (Å²) in [6.07, 6.45) is -5.30. The minimum atomic E-state index is -1.54. The van der Waals surface area contributed by atoms with Gasteiger partial charge in [0.15, 0.2) is 17.6 Å². The van der Waals surface area contributed by atoms with Gasteiger partial charge >= 0.3 is 5.69 Å². The average molecular weight is 435 g/mol. The van der Waals surface area contributed by atoms with E-state index < -0.39 is 48.7 Å². The van der Waals surface area contributed by atoms with E-state index in [1.165, 1.54) is 26.5 Å². The lowest BCUT2D eigenvalue weighted by atomic mass is 10.1. The number of ether oxygens (including phenoxy) is 4. The molecule has 0 amide bonds. The Morgan fingerprint density at radius 3 is 2.47 bits per heavy atom. The fraction of sp³-hybridized carbons (Fsp3) is 0.765. The maximum Gasteiger partial charge on any atom is 0.351 e. The monoisotopic (exact) mass is 435 g/mol. The molecule has 0 bridgehead atoms. The first-order valence-electron chi connectivity index (χ1n) is 9.26. The van der Waals surface area contributed by atoms with Crippen LogP contribution in [-0.2, 0) is 23.8 Å². The van der Waals surface area contributed by atoms with Crippen molar-refractivity contribution in [3.8, 4) is 0 Å². The normalized spacial score (nSPS) is 25.4. The minimum Gasteiger partial charge on any atom is -0.394 e. The van der Waals surface area contributed by atoms with E-state index in [1.807, 2.05) is 0 Å². The van der Waals surface area contributed by atoms with Crippen LogP contribution in [0.5, 0.6) is 0 Å². The molecule has 5 N–H and O–H groups in total. The zero-order valence-corrected chi connectivity index (χ0v) is 17.0. The van der Waals surface area contributed by atoms with Crippen molar-refractivity contribution in [3.05, 3.63) is 22.7 Å². The molecule has 5 atom stereocenters. The minimum absolute atomic E-state index is 0.0300. The molecule has 13 nitrogen and oxygen atoms in total. The molecule has 0 aromatic carbocycles. The Kier molecular flexibility index (Phi) is 9.09. The third-order valence-corrected chi connectivity index (χ3v) is 4.56. The number of rotatable bonds is 12. The van der Waals surface area contributed by atoms with Crippen LogP contribution in [0.2, 0.25) is 0 Å². The number of nitrogens with one attached hydrogen (secondary N) is 1. The molecule has 1 fully saturated rings. The highest BCUT2D eigenvalue weighted by Gasteiger charge is 2.44. The molecule has 0 spiro atoms. The van der Waals surface area contributed by atoms with E-state index in [4.69, 9.17) is 28.9 Å². The Hall–Kier alpha value is -1.68. The SMILES string of the molecule is CCOC(COC)(COC)C(O)ONc1ccn([C@@H]2O[C@H](CO)[C@@H](O)[C@H]2O)c(=O)n1. The molecule has 1 saturated heterocycles.